The van der Waals surface area contributed by atoms with E-state index in [-0.39, 0.29) is 31.1 Å². The van der Waals surface area contributed by atoms with Gasteiger partial charge in [-0.1, -0.05) is 12.2 Å². The lowest BCUT2D eigenvalue weighted by atomic mass is 9.88. The van der Waals surface area contributed by atoms with Crippen molar-refractivity contribution in [2.75, 3.05) is 13.2 Å². The summed E-state index contributed by atoms with van der Waals surface area (Å²) >= 11 is 0. The first-order valence-corrected chi connectivity index (χ1v) is 6.88. The highest BCUT2D eigenvalue weighted by molar-refractivity contribution is 6.06. The highest BCUT2D eigenvalue weighted by atomic mass is 16.5. The molecular weight excluding hydrogens is 274 g/mol. The molecule has 0 aliphatic carbocycles. The van der Waals surface area contributed by atoms with Crippen molar-refractivity contribution in [1.29, 1.82) is 0 Å². The molecule has 4 atom stereocenters. The van der Waals surface area contributed by atoms with Crippen LogP contribution in [0.4, 0.5) is 0 Å². The maximum Gasteiger partial charge on any atom is 0.302 e. The van der Waals surface area contributed by atoms with Crippen molar-refractivity contribution >= 4 is 17.8 Å². The SMILES string of the molecule is C=CCC1OC(C=C)[C@H]2C(=O)N(CCOC(C)=O)C(=O)[C@@H]12. The molecule has 2 aliphatic heterocycles. The Bertz CT molecular complexity index is 486. The zero-order valence-corrected chi connectivity index (χ0v) is 12.0. The highest BCUT2D eigenvalue weighted by Crippen LogP contribution is 2.42. The van der Waals surface area contributed by atoms with Gasteiger partial charge < -0.3 is 9.47 Å². The molecule has 6 nitrogen and oxygen atoms in total. The van der Waals surface area contributed by atoms with Gasteiger partial charge in [-0.05, 0) is 6.42 Å². The van der Waals surface area contributed by atoms with Gasteiger partial charge in [0, 0.05) is 6.92 Å². The van der Waals surface area contributed by atoms with Crippen molar-refractivity contribution in [2.45, 2.75) is 25.6 Å². The summed E-state index contributed by atoms with van der Waals surface area (Å²) in [4.78, 5) is 36.8. The predicted molar refractivity (Wildman–Crippen MR) is 74.0 cm³/mol. The summed E-state index contributed by atoms with van der Waals surface area (Å²) in [6.45, 7) is 8.69. The minimum Gasteiger partial charge on any atom is -0.464 e. The number of likely N-dealkylation sites (tertiary alicyclic amines) is 1. The molecule has 114 valence electrons. The summed E-state index contributed by atoms with van der Waals surface area (Å²) in [6.07, 6.45) is 2.91. The van der Waals surface area contributed by atoms with Crippen LogP contribution in [0.2, 0.25) is 0 Å². The largest absolute Gasteiger partial charge is 0.464 e. The molecule has 0 N–H and O–H groups in total. The van der Waals surface area contributed by atoms with Crippen LogP contribution in [0.25, 0.3) is 0 Å². The van der Waals surface area contributed by atoms with Gasteiger partial charge in [0.1, 0.15) is 6.61 Å². The molecule has 6 heteroatoms. The second-order valence-electron chi connectivity index (χ2n) is 5.12. The summed E-state index contributed by atoms with van der Waals surface area (Å²) in [7, 11) is 0. The fourth-order valence-electron chi connectivity index (χ4n) is 2.95. The van der Waals surface area contributed by atoms with Crippen LogP contribution in [0, 0.1) is 11.8 Å². The molecule has 2 aliphatic rings. The third-order valence-electron chi connectivity index (χ3n) is 3.83. The number of nitrogens with zero attached hydrogens (tertiary/aromatic N) is 1. The summed E-state index contributed by atoms with van der Waals surface area (Å²) in [5.74, 6) is -2.03. The average molecular weight is 293 g/mol. The van der Waals surface area contributed by atoms with Gasteiger partial charge in [-0.3, -0.25) is 19.3 Å². The number of fused-ring (bicyclic) bond motifs is 1. The zero-order chi connectivity index (χ0) is 15.6. The van der Waals surface area contributed by atoms with E-state index in [2.05, 4.69) is 13.2 Å². The van der Waals surface area contributed by atoms with Crippen molar-refractivity contribution in [1.82, 2.24) is 4.90 Å². The van der Waals surface area contributed by atoms with Crippen LogP contribution in [0.1, 0.15) is 13.3 Å². The van der Waals surface area contributed by atoms with Crippen LogP contribution < -0.4 is 0 Å². The number of hydrogen-bond donors (Lipinski definition) is 0. The Balaban J connectivity index is 2.13. The van der Waals surface area contributed by atoms with Crippen LogP contribution in [0.3, 0.4) is 0 Å². The maximum absolute atomic E-state index is 12.4. The second kappa shape index (κ2) is 6.22. The van der Waals surface area contributed by atoms with Crippen LogP contribution in [0.15, 0.2) is 25.3 Å². The molecule has 2 rings (SSSR count). The van der Waals surface area contributed by atoms with Gasteiger partial charge in [0.15, 0.2) is 0 Å². The highest BCUT2D eigenvalue weighted by Gasteiger charge is 2.58. The van der Waals surface area contributed by atoms with E-state index in [0.717, 1.165) is 4.90 Å². The second-order valence-corrected chi connectivity index (χ2v) is 5.12. The summed E-state index contributed by atoms with van der Waals surface area (Å²) < 4.78 is 10.5. The van der Waals surface area contributed by atoms with Gasteiger partial charge >= 0.3 is 5.97 Å². The molecule has 0 saturated carbocycles. The molecule has 2 unspecified atom stereocenters. The first-order valence-electron chi connectivity index (χ1n) is 6.88. The van der Waals surface area contributed by atoms with Gasteiger partial charge in [0.05, 0.1) is 30.6 Å². The first kappa shape index (κ1) is 15.4. The average Bonchev–Trinajstić information content (AvgIpc) is 2.91. The third-order valence-corrected chi connectivity index (χ3v) is 3.83. The number of hydrogen-bond acceptors (Lipinski definition) is 5. The van der Waals surface area contributed by atoms with E-state index in [4.69, 9.17) is 9.47 Å². The summed E-state index contributed by atoms with van der Waals surface area (Å²) in [6, 6.07) is 0. The number of ether oxygens (including phenoxy) is 2. The van der Waals surface area contributed by atoms with E-state index in [0.29, 0.717) is 6.42 Å². The van der Waals surface area contributed by atoms with Crippen LogP contribution in [0.5, 0.6) is 0 Å². The predicted octanol–water partition coefficient (Wildman–Crippen LogP) is 0.680. The molecular formula is C15H19NO5. The standard InChI is InChI=1S/C15H19NO5/c1-4-6-11-13-12(10(5-2)21-11)14(18)16(15(13)19)7-8-20-9(3)17/h4-5,10-13H,1-2,6-8H2,3H3/t10?,11?,12-,13+/m1/s1. The maximum atomic E-state index is 12.4. The fourth-order valence-corrected chi connectivity index (χ4v) is 2.95. The summed E-state index contributed by atoms with van der Waals surface area (Å²) in [5.41, 5.74) is 0. The zero-order valence-electron chi connectivity index (χ0n) is 12.0. The van der Waals surface area contributed by atoms with Crippen molar-refractivity contribution in [2.24, 2.45) is 11.8 Å². The lowest BCUT2D eigenvalue weighted by molar-refractivity contribution is -0.148. The topological polar surface area (TPSA) is 72.9 Å². The number of esters is 1. The Morgan fingerprint density at radius 2 is 2.00 bits per heavy atom. The van der Waals surface area contributed by atoms with E-state index >= 15 is 0 Å². The monoisotopic (exact) mass is 293 g/mol. The van der Waals surface area contributed by atoms with Gasteiger partial charge in [-0.15, -0.1) is 13.2 Å². The van der Waals surface area contributed by atoms with Gasteiger partial charge in [-0.2, -0.15) is 0 Å². The Labute approximate surface area is 123 Å². The van der Waals surface area contributed by atoms with E-state index in [1.807, 2.05) is 0 Å². The van der Waals surface area contributed by atoms with E-state index in [1.165, 1.54) is 6.92 Å². The molecule has 0 spiro atoms. The molecule has 0 aromatic carbocycles. The fraction of sp³-hybridized carbons (Fsp3) is 0.533. The Morgan fingerprint density at radius 3 is 2.57 bits per heavy atom. The van der Waals surface area contributed by atoms with E-state index in [9.17, 15) is 14.4 Å². The molecule has 2 saturated heterocycles. The van der Waals surface area contributed by atoms with Gasteiger partial charge in [0.25, 0.3) is 0 Å². The third kappa shape index (κ3) is 2.76. The molecule has 2 heterocycles. The van der Waals surface area contributed by atoms with Crippen molar-refractivity contribution in [3.05, 3.63) is 25.3 Å². The minimum atomic E-state index is -0.530. The molecule has 0 aromatic heterocycles. The molecule has 0 aromatic rings. The Kier molecular flexibility index (Phi) is 4.57. The Hall–Kier alpha value is -1.95. The van der Waals surface area contributed by atoms with E-state index < -0.39 is 23.9 Å². The summed E-state index contributed by atoms with van der Waals surface area (Å²) in [5, 5.41) is 0. The van der Waals surface area contributed by atoms with Gasteiger partial charge in [0.2, 0.25) is 11.8 Å². The van der Waals surface area contributed by atoms with Crippen molar-refractivity contribution in [3.63, 3.8) is 0 Å². The number of rotatable bonds is 6. The molecule has 2 fully saturated rings. The first-order chi connectivity index (χ1) is 10.0. The van der Waals surface area contributed by atoms with Crippen LogP contribution in [-0.2, 0) is 23.9 Å². The molecule has 0 bridgehead atoms. The van der Waals surface area contributed by atoms with Crippen LogP contribution >= 0.6 is 0 Å². The number of carbonyl (C=O) groups excluding carboxylic acids is 3. The van der Waals surface area contributed by atoms with Crippen molar-refractivity contribution in [3.8, 4) is 0 Å². The van der Waals surface area contributed by atoms with Gasteiger partial charge in [-0.25, -0.2) is 0 Å². The molecule has 2 amide bonds. The number of amides is 2. The normalized spacial score (nSPS) is 31.2. The minimum absolute atomic E-state index is 0.0119. The van der Waals surface area contributed by atoms with E-state index in [1.54, 1.807) is 12.2 Å². The quantitative estimate of drug-likeness (QED) is 0.409. The Morgan fingerprint density at radius 1 is 1.33 bits per heavy atom. The number of imide groups is 1. The van der Waals surface area contributed by atoms with Crippen LogP contribution in [-0.4, -0.2) is 48.0 Å². The lowest BCUT2D eigenvalue weighted by Gasteiger charge is -2.19. The molecule has 21 heavy (non-hydrogen) atoms. The van der Waals surface area contributed by atoms with Crippen molar-refractivity contribution < 1.29 is 23.9 Å². The smallest absolute Gasteiger partial charge is 0.302 e. The number of carbonyl (C=O) groups is 3. The molecule has 0 radical (unpaired) electrons. The lowest BCUT2D eigenvalue weighted by Crippen LogP contribution is -2.38.